The van der Waals surface area contributed by atoms with E-state index in [1.165, 1.54) is 42.5 Å². The van der Waals surface area contributed by atoms with Crippen LogP contribution < -0.4 is 11.5 Å². The molecule has 1 aromatic rings. The normalized spacial score (nSPS) is 27.3. The third kappa shape index (κ3) is 1.66. The van der Waals surface area contributed by atoms with Gasteiger partial charge in [0.15, 0.2) is 0 Å². The van der Waals surface area contributed by atoms with Gasteiger partial charge in [0.1, 0.15) is 0 Å². The summed E-state index contributed by atoms with van der Waals surface area (Å²) in [5.74, 6) is 1.11. The van der Waals surface area contributed by atoms with Gasteiger partial charge in [-0.1, -0.05) is 12.8 Å². The Kier molecular flexibility index (Phi) is 2.62. The van der Waals surface area contributed by atoms with Crippen LogP contribution in [-0.4, -0.2) is 5.91 Å². The highest BCUT2D eigenvalue weighted by atomic mass is 32.1. The summed E-state index contributed by atoms with van der Waals surface area (Å²) in [6.07, 6.45) is 7.46. The van der Waals surface area contributed by atoms with Crippen molar-refractivity contribution in [3.63, 3.8) is 0 Å². The molecule has 3 rings (SSSR count). The highest BCUT2D eigenvalue weighted by Gasteiger charge is 2.35. The summed E-state index contributed by atoms with van der Waals surface area (Å²) in [4.78, 5) is 12.8. The van der Waals surface area contributed by atoms with E-state index in [2.05, 4.69) is 0 Å². The van der Waals surface area contributed by atoms with Gasteiger partial charge in [-0.2, -0.15) is 0 Å². The first-order chi connectivity index (χ1) is 8.18. The van der Waals surface area contributed by atoms with Crippen LogP contribution in [0.5, 0.6) is 0 Å². The summed E-state index contributed by atoms with van der Waals surface area (Å²) in [5.41, 5.74) is 13.2. The molecule has 1 aromatic heterocycles. The van der Waals surface area contributed by atoms with Crippen LogP contribution in [0.3, 0.4) is 0 Å². The van der Waals surface area contributed by atoms with Crippen LogP contribution in [0.15, 0.2) is 0 Å². The van der Waals surface area contributed by atoms with Crippen molar-refractivity contribution in [3.8, 4) is 0 Å². The van der Waals surface area contributed by atoms with Gasteiger partial charge >= 0.3 is 0 Å². The molecule has 1 saturated carbocycles. The lowest BCUT2D eigenvalue weighted by atomic mass is 9.71. The molecule has 1 amide bonds. The van der Waals surface area contributed by atoms with E-state index in [1.54, 1.807) is 11.3 Å². The molecule has 0 spiro atoms. The first kappa shape index (κ1) is 11.1. The van der Waals surface area contributed by atoms with Crippen molar-refractivity contribution in [3.05, 3.63) is 16.0 Å². The van der Waals surface area contributed by atoms with Crippen LogP contribution >= 0.6 is 11.3 Å². The molecule has 0 aromatic carbocycles. The summed E-state index contributed by atoms with van der Waals surface area (Å²) in [6.45, 7) is 0. The molecular weight excluding hydrogens is 232 g/mol. The molecule has 2 atom stereocenters. The van der Waals surface area contributed by atoms with E-state index in [4.69, 9.17) is 11.5 Å². The number of anilines is 1. The number of rotatable bonds is 1. The fourth-order valence-corrected chi connectivity index (χ4v) is 4.90. The van der Waals surface area contributed by atoms with E-state index in [9.17, 15) is 4.79 Å². The van der Waals surface area contributed by atoms with Gasteiger partial charge in [-0.3, -0.25) is 4.79 Å². The summed E-state index contributed by atoms with van der Waals surface area (Å²) >= 11 is 1.61. The molecular formula is C13H18N2OS. The lowest BCUT2D eigenvalue weighted by Gasteiger charge is -2.35. The largest absolute Gasteiger partial charge is 0.390 e. The fraction of sp³-hybridized carbons (Fsp3) is 0.615. The summed E-state index contributed by atoms with van der Waals surface area (Å²) in [5, 5.41) is 0.633. The zero-order chi connectivity index (χ0) is 12.0. The van der Waals surface area contributed by atoms with Crippen molar-refractivity contribution in [2.45, 2.75) is 44.4 Å². The highest BCUT2D eigenvalue weighted by molar-refractivity contribution is 7.16. The first-order valence-corrected chi connectivity index (χ1v) is 7.21. The fourth-order valence-electron chi connectivity index (χ4n) is 3.55. The zero-order valence-electron chi connectivity index (χ0n) is 9.87. The summed E-state index contributed by atoms with van der Waals surface area (Å²) in [7, 11) is 0. The van der Waals surface area contributed by atoms with Crippen molar-refractivity contribution in [2.75, 3.05) is 5.73 Å². The molecule has 92 valence electrons. The van der Waals surface area contributed by atoms with Crippen LogP contribution in [0.2, 0.25) is 0 Å². The Morgan fingerprint density at radius 2 is 2.00 bits per heavy atom. The van der Waals surface area contributed by atoms with Gasteiger partial charge in [-0.05, 0) is 43.1 Å². The van der Waals surface area contributed by atoms with Gasteiger partial charge in [0.25, 0.3) is 5.91 Å². The van der Waals surface area contributed by atoms with Gasteiger partial charge in [-0.15, -0.1) is 11.3 Å². The Labute approximate surface area is 105 Å². The third-order valence-corrected chi connectivity index (χ3v) is 5.52. The molecule has 17 heavy (non-hydrogen) atoms. The second-order valence-corrected chi connectivity index (χ2v) is 6.32. The number of fused-ring (bicyclic) bond motifs is 3. The van der Waals surface area contributed by atoms with E-state index in [1.807, 2.05) is 0 Å². The van der Waals surface area contributed by atoms with Gasteiger partial charge in [0.2, 0.25) is 0 Å². The van der Waals surface area contributed by atoms with Crippen molar-refractivity contribution in [2.24, 2.45) is 11.7 Å². The van der Waals surface area contributed by atoms with E-state index in [0.29, 0.717) is 16.5 Å². The zero-order valence-corrected chi connectivity index (χ0v) is 10.7. The Morgan fingerprint density at radius 1 is 1.24 bits per heavy atom. The van der Waals surface area contributed by atoms with E-state index < -0.39 is 0 Å². The molecule has 0 aliphatic heterocycles. The van der Waals surface area contributed by atoms with Crippen LogP contribution in [-0.2, 0) is 6.42 Å². The SMILES string of the molecule is NC(=O)c1c(N)sc2c1CCC1CCCCC21. The minimum Gasteiger partial charge on any atom is -0.390 e. The third-order valence-electron chi connectivity index (χ3n) is 4.32. The quantitative estimate of drug-likeness (QED) is 0.804. The molecule has 0 radical (unpaired) electrons. The Morgan fingerprint density at radius 3 is 2.76 bits per heavy atom. The average Bonchev–Trinajstić information content (AvgIpc) is 2.65. The highest BCUT2D eigenvalue weighted by Crippen LogP contribution is 2.50. The Hall–Kier alpha value is -1.03. The number of nitrogen functional groups attached to an aromatic ring is 1. The van der Waals surface area contributed by atoms with Crippen LogP contribution in [0.1, 0.15) is 58.8 Å². The van der Waals surface area contributed by atoms with Gasteiger partial charge < -0.3 is 11.5 Å². The summed E-state index contributed by atoms with van der Waals surface area (Å²) in [6, 6.07) is 0. The van der Waals surface area contributed by atoms with Crippen LogP contribution in [0, 0.1) is 5.92 Å². The van der Waals surface area contributed by atoms with Crippen molar-refractivity contribution in [1.82, 2.24) is 0 Å². The predicted molar refractivity (Wildman–Crippen MR) is 70.3 cm³/mol. The van der Waals surface area contributed by atoms with Gasteiger partial charge in [0, 0.05) is 4.88 Å². The van der Waals surface area contributed by atoms with Crippen LogP contribution in [0.25, 0.3) is 0 Å². The van der Waals surface area contributed by atoms with Gasteiger partial charge in [0.05, 0.1) is 10.6 Å². The number of carbonyl (C=O) groups excluding carboxylic acids is 1. The number of hydrogen-bond donors (Lipinski definition) is 2. The second-order valence-electron chi connectivity index (χ2n) is 5.24. The Balaban J connectivity index is 2.06. The molecule has 0 saturated heterocycles. The number of hydrogen-bond acceptors (Lipinski definition) is 3. The molecule has 3 nitrogen and oxygen atoms in total. The maximum absolute atomic E-state index is 11.5. The number of amides is 1. The lowest BCUT2D eigenvalue weighted by Crippen LogP contribution is -2.24. The van der Waals surface area contributed by atoms with Crippen LogP contribution in [0.4, 0.5) is 5.00 Å². The smallest absolute Gasteiger partial charge is 0.251 e. The maximum atomic E-state index is 11.5. The predicted octanol–water partition coefficient (Wildman–Crippen LogP) is 2.65. The average molecular weight is 250 g/mol. The minimum atomic E-state index is -0.353. The maximum Gasteiger partial charge on any atom is 0.251 e. The number of primary amides is 1. The Bertz CT molecular complexity index is 466. The second kappa shape index (κ2) is 4.02. The molecule has 2 aliphatic carbocycles. The van der Waals surface area contributed by atoms with E-state index >= 15 is 0 Å². The van der Waals surface area contributed by atoms with Gasteiger partial charge in [-0.25, -0.2) is 0 Å². The molecule has 2 unspecified atom stereocenters. The first-order valence-electron chi connectivity index (χ1n) is 6.39. The summed E-state index contributed by atoms with van der Waals surface area (Å²) < 4.78 is 0. The molecule has 1 fully saturated rings. The lowest BCUT2D eigenvalue weighted by molar-refractivity contribution is 0.1000. The standard InChI is InChI=1S/C13H18N2OS/c14-12(16)10-9-6-5-7-3-1-2-4-8(7)11(9)17-13(10)15/h7-8H,1-6,15H2,(H2,14,16). The number of thiophene rings is 1. The van der Waals surface area contributed by atoms with Crippen molar-refractivity contribution in [1.29, 1.82) is 0 Å². The molecule has 1 heterocycles. The van der Waals surface area contributed by atoms with Crippen molar-refractivity contribution < 1.29 is 4.79 Å². The molecule has 2 aliphatic rings. The molecule has 4 heteroatoms. The van der Waals surface area contributed by atoms with E-state index in [-0.39, 0.29) is 5.91 Å². The monoisotopic (exact) mass is 250 g/mol. The minimum absolute atomic E-state index is 0.353. The molecule has 4 N–H and O–H groups in total. The van der Waals surface area contributed by atoms with Crippen molar-refractivity contribution >= 4 is 22.2 Å². The van der Waals surface area contributed by atoms with E-state index in [0.717, 1.165) is 12.3 Å². The topological polar surface area (TPSA) is 69.1 Å². The molecule has 0 bridgehead atoms. The number of carbonyl (C=O) groups is 1. The number of nitrogens with two attached hydrogens (primary N) is 2.